The summed E-state index contributed by atoms with van der Waals surface area (Å²) in [5.41, 5.74) is 0.659. The fourth-order valence-electron chi connectivity index (χ4n) is 4.32. The summed E-state index contributed by atoms with van der Waals surface area (Å²) in [5, 5.41) is 7.59. The quantitative estimate of drug-likeness (QED) is 0.882. The molecule has 1 aliphatic heterocycles. The second kappa shape index (κ2) is 8.54. The fourth-order valence-corrected chi connectivity index (χ4v) is 4.32. The lowest BCUT2D eigenvalue weighted by Crippen LogP contribution is -2.46. The largest absolute Gasteiger partial charge is 0.353 e. The highest BCUT2D eigenvalue weighted by Gasteiger charge is 2.30. The molecular weight excluding hydrogens is 354 g/mol. The maximum absolute atomic E-state index is 12.7. The van der Waals surface area contributed by atoms with Crippen LogP contribution in [0.25, 0.3) is 0 Å². The zero-order valence-electron chi connectivity index (χ0n) is 16.0. The molecule has 1 saturated heterocycles. The van der Waals surface area contributed by atoms with Gasteiger partial charge in [-0.05, 0) is 56.7 Å². The smallest absolute Gasteiger partial charge is 0.253 e. The SMILES string of the molecule is O=C(NC1CCC(n2cccn2)CC1)C1CCN(C(=O)c2ccncc2)CC1. The number of carbonyl (C=O) groups is 2. The molecule has 148 valence electrons. The third-order valence-corrected chi connectivity index (χ3v) is 6.02. The van der Waals surface area contributed by atoms with E-state index in [1.807, 2.05) is 28.0 Å². The number of nitrogens with zero attached hydrogens (tertiary/aromatic N) is 4. The molecule has 7 heteroatoms. The minimum absolute atomic E-state index is 0.00493. The average molecular weight is 381 g/mol. The number of pyridine rings is 1. The van der Waals surface area contributed by atoms with E-state index in [1.54, 1.807) is 24.5 Å². The van der Waals surface area contributed by atoms with Crippen molar-refractivity contribution in [2.45, 2.75) is 50.6 Å². The van der Waals surface area contributed by atoms with E-state index in [-0.39, 0.29) is 23.8 Å². The summed E-state index contributed by atoms with van der Waals surface area (Å²) >= 11 is 0. The van der Waals surface area contributed by atoms with E-state index < -0.39 is 0 Å². The molecule has 0 atom stereocenters. The summed E-state index contributed by atoms with van der Waals surface area (Å²) in [6.45, 7) is 1.26. The second-order valence-corrected chi connectivity index (χ2v) is 7.80. The highest BCUT2D eigenvalue weighted by Crippen LogP contribution is 2.28. The standard InChI is InChI=1S/C21H27N5O2/c27-20(24-18-2-4-19(5-3-18)26-13-1-10-23-26)16-8-14-25(15-9-16)21(28)17-6-11-22-12-7-17/h1,6-7,10-13,16,18-19H,2-5,8-9,14-15H2,(H,24,27). The van der Waals surface area contributed by atoms with Gasteiger partial charge in [-0.3, -0.25) is 19.3 Å². The first-order valence-corrected chi connectivity index (χ1v) is 10.2. The lowest BCUT2D eigenvalue weighted by Gasteiger charge is -2.34. The molecule has 2 aromatic rings. The van der Waals surface area contributed by atoms with Gasteiger partial charge < -0.3 is 10.2 Å². The van der Waals surface area contributed by atoms with Gasteiger partial charge in [0.25, 0.3) is 5.91 Å². The van der Waals surface area contributed by atoms with Crippen LogP contribution in [-0.2, 0) is 4.79 Å². The van der Waals surface area contributed by atoms with Crippen LogP contribution < -0.4 is 5.32 Å². The Bertz CT molecular complexity index is 776. The first kappa shape index (κ1) is 18.7. The van der Waals surface area contributed by atoms with Gasteiger partial charge in [-0.2, -0.15) is 5.10 Å². The Morgan fingerprint density at radius 1 is 0.964 bits per heavy atom. The van der Waals surface area contributed by atoms with Gasteiger partial charge in [-0.1, -0.05) is 0 Å². The number of likely N-dealkylation sites (tertiary alicyclic amines) is 1. The zero-order chi connectivity index (χ0) is 19.3. The van der Waals surface area contributed by atoms with Gasteiger partial charge in [-0.15, -0.1) is 0 Å². The van der Waals surface area contributed by atoms with Crippen molar-refractivity contribution in [3.63, 3.8) is 0 Å². The molecule has 28 heavy (non-hydrogen) atoms. The number of hydrogen-bond donors (Lipinski definition) is 1. The van der Waals surface area contributed by atoms with E-state index in [0.717, 1.165) is 38.5 Å². The predicted molar refractivity (Wildman–Crippen MR) is 105 cm³/mol. The molecule has 2 fully saturated rings. The zero-order valence-corrected chi connectivity index (χ0v) is 16.0. The Kier molecular flexibility index (Phi) is 5.69. The molecule has 1 N–H and O–H groups in total. The predicted octanol–water partition coefficient (Wildman–Crippen LogP) is 2.43. The summed E-state index contributed by atoms with van der Waals surface area (Å²) in [5.74, 6) is 0.182. The summed E-state index contributed by atoms with van der Waals surface area (Å²) < 4.78 is 2.04. The van der Waals surface area contributed by atoms with Crippen molar-refractivity contribution in [1.82, 2.24) is 25.0 Å². The summed E-state index contributed by atoms with van der Waals surface area (Å²) in [6.07, 6.45) is 12.6. The number of nitrogens with one attached hydrogen (secondary N) is 1. The molecule has 4 rings (SSSR count). The van der Waals surface area contributed by atoms with E-state index in [4.69, 9.17) is 0 Å². The van der Waals surface area contributed by atoms with Crippen molar-refractivity contribution in [1.29, 1.82) is 0 Å². The van der Waals surface area contributed by atoms with Gasteiger partial charge in [0, 0.05) is 55.4 Å². The third-order valence-electron chi connectivity index (χ3n) is 6.02. The van der Waals surface area contributed by atoms with Crippen LogP contribution in [0.5, 0.6) is 0 Å². The average Bonchev–Trinajstić information content (AvgIpc) is 3.29. The summed E-state index contributed by atoms with van der Waals surface area (Å²) in [6, 6.07) is 6.14. The Morgan fingerprint density at radius 3 is 2.32 bits per heavy atom. The molecule has 1 aliphatic carbocycles. The van der Waals surface area contributed by atoms with Gasteiger partial charge in [0.15, 0.2) is 0 Å². The van der Waals surface area contributed by atoms with Crippen LogP contribution >= 0.6 is 0 Å². The minimum Gasteiger partial charge on any atom is -0.353 e. The van der Waals surface area contributed by atoms with E-state index in [2.05, 4.69) is 15.4 Å². The van der Waals surface area contributed by atoms with E-state index in [9.17, 15) is 9.59 Å². The van der Waals surface area contributed by atoms with Crippen molar-refractivity contribution >= 4 is 11.8 Å². The molecule has 3 heterocycles. The molecule has 7 nitrogen and oxygen atoms in total. The van der Waals surface area contributed by atoms with Crippen LogP contribution in [0.15, 0.2) is 43.0 Å². The molecular formula is C21H27N5O2. The molecule has 0 bridgehead atoms. The normalized spacial score (nSPS) is 23.4. The summed E-state index contributed by atoms with van der Waals surface area (Å²) in [7, 11) is 0. The van der Waals surface area contributed by atoms with E-state index in [1.165, 1.54) is 0 Å². The van der Waals surface area contributed by atoms with Crippen LogP contribution in [0.2, 0.25) is 0 Å². The highest BCUT2D eigenvalue weighted by atomic mass is 16.2. The Labute approximate surface area is 165 Å². The molecule has 2 aliphatic rings. The lowest BCUT2D eigenvalue weighted by atomic mass is 9.89. The third kappa shape index (κ3) is 4.24. The monoisotopic (exact) mass is 381 g/mol. The van der Waals surface area contributed by atoms with Crippen LogP contribution in [0.4, 0.5) is 0 Å². The molecule has 0 unspecified atom stereocenters. The Hall–Kier alpha value is -2.70. The van der Waals surface area contributed by atoms with Gasteiger partial charge in [0.1, 0.15) is 0 Å². The number of aromatic nitrogens is 3. The number of piperidine rings is 1. The molecule has 0 radical (unpaired) electrons. The van der Waals surface area contributed by atoms with Gasteiger partial charge >= 0.3 is 0 Å². The number of rotatable bonds is 4. The van der Waals surface area contributed by atoms with Crippen molar-refractivity contribution in [2.75, 3.05) is 13.1 Å². The highest BCUT2D eigenvalue weighted by molar-refractivity contribution is 5.94. The Morgan fingerprint density at radius 2 is 1.68 bits per heavy atom. The number of carbonyl (C=O) groups excluding carboxylic acids is 2. The van der Waals surface area contributed by atoms with Crippen LogP contribution in [0, 0.1) is 5.92 Å². The van der Waals surface area contributed by atoms with Crippen LogP contribution in [-0.4, -0.2) is 50.6 Å². The van der Waals surface area contributed by atoms with Gasteiger partial charge in [0.2, 0.25) is 5.91 Å². The first-order valence-electron chi connectivity index (χ1n) is 10.2. The number of amides is 2. The lowest BCUT2D eigenvalue weighted by molar-refractivity contribution is -0.127. The van der Waals surface area contributed by atoms with Crippen molar-refractivity contribution in [3.05, 3.63) is 48.5 Å². The van der Waals surface area contributed by atoms with Crippen LogP contribution in [0.1, 0.15) is 54.9 Å². The first-order chi connectivity index (χ1) is 13.7. The maximum atomic E-state index is 12.7. The molecule has 2 amide bonds. The van der Waals surface area contributed by atoms with Crippen molar-refractivity contribution in [3.8, 4) is 0 Å². The van der Waals surface area contributed by atoms with Gasteiger partial charge in [-0.25, -0.2) is 0 Å². The van der Waals surface area contributed by atoms with Crippen molar-refractivity contribution < 1.29 is 9.59 Å². The second-order valence-electron chi connectivity index (χ2n) is 7.80. The molecule has 2 aromatic heterocycles. The molecule has 0 aromatic carbocycles. The van der Waals surface area contributed by atoms with Crippen molar-refractivity contribution in [2.24, 2.45) is 5.92 Å². The van der Waals surface area contributed by atoms with E-state index >= 15 is 0 Å². The minimum atomic E-state index is 0.00493. The Balaban J connectivity index is 1.22. The summed E-state index contributed by atoms with van der Waals surface area (Å²) in [4.78, 5) is 31.0. The topological polar surface area (TPSA) is 80.1 Å². The fraction of sp³-hybridized carbons (Fsp3) is 0.524. The molecule has 1 saturated carbocycles. The van der Waals surface area contributed by atoms with E-state index in [0.29, 0.717) is 24.7 Å². The van der Waals surface area contributed by atoms with Crippen LogP contribution in [0.3, 0.4) is 0 Å². The maximum Gasteiger partial charge on any atom is 0.253 e. The van der Waals surface area contributed by atoms with Gasteiger partial charge in [0.05, 0.1) is 6.04 Å². The number of hydrogen-bond acceptors (Lipinski definition) is 4. The molecule has 0 spiro atoms.